The first-order chi connectivity index (χ1) is 14.5. The van der Waals surface area contributed by atoms with E-state index in [2.05, 4.69) is 5.32 Å². The fraction of sp³-hybridized carbons (Fsp3) is 0.409. The largest absolute Gasteiger partial charge is 0.379 e. The normalized spacial score (nSPS) is 16.7. The quantitative estimate of drug-likeness (QED) is 0.754. The van der Waals surface area contributed by atoms with Crippen molar-refractivity contribution in [2.75, 3.05) is 26.3 Å². The molecule has 0 bridgehead atoms. The van der Waals surface area contributed by atoms with Crippen LogP contribution in [-0.4, -0.2) is 44.9 Å². The van der Waals surface area contributed by atoms with E-state index in [9.17, 15) is 22.0 Å². The van der Waals surface area contributed by atoms with Crippen molar-refractivity contribution in [2.45, 2.75) is 31.7 Å². The fourth-order valence-corrected chi connectivity index (χ4v) is 4.87. The predicted molar refractivity (Wildman–Crippen MR) is 112 cm³/mol. The molecule has 1 saturated heterocycles. The molecule has 1 aliphatic heterocycles. The van der Waals surface area contributed by atoms with Crippen molar-refractivity contribution in [2.24, 2.45) is 5.41 Å². The number of benzene rings is 2. The van der Waals surface area contributed by atoms with Crippen molar-refractivity contribution >= 4 is 15.9 Å². The average molecular weight is 453 g/mol. The number of carbonyl (C=O) groups excluding carboxylic acids is 1. The highest BCUT2D eigenvalue weighted by atomic mass is 32.2. The third-order valence-corrected chi connectivity index (χ3v) is 7.03. The van der Waals surface area contributed by atoms with Crippen molar-refractivity contribution < 1.29 is 26.7 Å². The maximum absolute atomic E-state index is 14.5. The maximum atomic E-state index is 14.5. The topological polar surface area (TPSA) is 75.7 Å². The molecule has 31 heavy (non-hydrogen) atoms. The molecule has 0 saturated carbocycles. The highest BCUT2D eigenvalue weighted by molar-refractivity contribution is 7.89. The molecule has 1 atom stereocenters. The SMILES string of the molecule is CC(C)(C)C(NC(=O)c1cc(S(=O)(=O)N2CCOCC2)ccc1F)c1ccc(F)cc1. The zero-order valence-electron chi connectivity index (χ0n) is 17.7. The van der Waals surface area contributed by atoms with Crippen LogP contribution in [0.1, 0.15) is 42.7 Å². The third kappa shape index (κ3) is 5.28. The number of morpholine rings is 1. The highest BCUT2D eigenvalue weighted by Crippen LogP contribution is 2.33. The van der Waals surface area contributed by atoms with Crippen LogP contribution in [0.5, 0.6) is 0 Å². The fourth-order valence-electron chi connectivity index (χ4n) is 3.44. The Labute approximate surface area is 181 Å². The molecule has 1 amide bonds. The molecule has 1 unspecified atom stereocenters. The van der Waals surface area contributed by atoms with Gasteiger partial charge in [-0.05, 0) is 41.3 Å². The summed E-state index contributed by atoms with van der Waals surface area (Å²) in [5.41, 5.74) is -0.188. The number of nitrogens with zero attached hydrogens (tertiary/aromatic N) is 1. The second kappa shape index (κ2) is 9.02. The first-order valence-corrected chi connectivity index (χ1v) is 11.4. The van der Waals surface area contributed by atoms with Gasteiger partial charge < -0.3 is 10.1 Å². The van der Waals surface area contributed by atoms with Crippen LogP contribution in [0, 0.1) is 17.0 Å². The van der Waals surface area contributed by atoms with Crippen LogP contribution >= 0.6 is 0 Å². The van der Waals surface area contributed by atoms with E-state index in [1.54, 1.807) is 12.1 Å². The Balaban J connectivity index is 1.91. The summed E-state index contributed by atoms with van der Waals surface area (Å²) in [6.07, 6.45) is 0. The van der Waals surface area contributed by atoms with E-state index in [0.29, 0.717) is 5.56 Å². The van der Waals surface area contributed by atoms with E-state index >= 15 is 0 Å². The molecule has 0 spiro atoms. The Morgan fingerprint density at radius 2 is 1.68 bits per heavy atom. The van der Waals surface area contributed by atoms with Gasteiger partial charge in [-0.3, -0.25) is 4.79 Å². The molecular weight excluding hydrogens is 426 g/mol. The molecule has 1 N–H and O–H groups in total. The summed E-state index contributed by atoms with van der Waals surface area (Å²) in [5.74, 6) is -1.99. The maximum Gasteiger partial charge on any atom is 0.254 e. The number of sulfonamides is 1. The summed E-state index contributed by atoms with van der Waals surface area (Å²) in [7, 11) is -3.88. The molecule has 1 fully saturated rings. The monoisotopic (exact) mass is 452 g/mol. The number of halogens is 2. The van der Waals surface area contributed by atoms with Crippen LogP contribution in [-0.2, 0) is 14.8 Å². The van der Waals surface area contributed by atoms with Crippen molar-refractivity contribution in [3.8, 4) is 0 Å². The van der Waals surface area contributed by atoms with Gasteiger partial charge in [0.05, 0.1) is 29.7 Å². The minimum absolute atomic E-state index is 0.157. The average Bonchev–Trinajstić information content (AvgIpc) is 2.72. The lowest BCUT2D eigenvalue weighted by atomic mass is 9.82. The molecule has 9 heteroatoms. The predicted octanol–water partition coefficient (Wildman–Crippen LogP) is 3.50. The summed E-state index contributed by atoms with van der Waals surface area (Å²) in [5, 5.41) is 2.78. The first kappa shape index (κ1) is 23.3. The summed E-state index contributed by atoms with van der Waals surface area (Å²) >= 11 is 0. The van der Waals surface area contributed by atoms with Crippen LogP contribution in [0.2, 0.25) is 0 Å². The zero-order chi connectivity index (χ0) is 22.8. The Morgan fingerprint density at radius 1 is 1.06 bits per heavy atom. The van der Waals surface area contributed by atoms with E-state index in [1.807, 2.05) is 20.8 Å². The van der Waals surface area contributed by atoms with Gasteiger partial charge in [0.2, 0.25) is 10.0 Å². The smallest absolute Gasteiger partial charge is 0.254 e. The number of nitrogens with one attached hydrogen (secondary N) is 1. The van der Waals surface area contributed by atoms with Crippen LogP contribution < -0.4 is 5.32 Å². The molecule has 0 aliphatic carbocycles. The molecule has 1 aliphatic rings. The number of hydrogen-bond donors (Lipinski definition) is 1. The lowest BCUT2D eigenvalue weighted by Gasteiger charge is -2.32. The number of amides is 1. The molecule has 6 nitrogen and oxygen atoms in total. The molecule has 3 rings (SSSR count). The van der Waals surface area contributed by atoms with Crippen molar-refractivity contribution in [3.05, 3.63) is 65.2 Å². The molecule has 1 heterocycles. The Kier molecular flexibility index (Phi) is 6.78. The highest BCUT2D eigenvalue weighted by Gasteiger charge is 2.31. The minimum Gasteiger partial charge on any atom is -0.379 e. The van der Waals surface area contributed by atoms with Crippen LogP contribution in [0.3, 0.4) is 0 Å². The van der Waals surface area contributed by atoms with Gasteiger partial charge in [-0.15, -0.1) is 0 Å². The van der Waals surface area contributed by atoms with Gasteiger partial charge in [-0.1, -0.05) is 32.9 Å². The lowest BCUT2D eigenvalue weighted by molar-refractivity contribution is 0.0730. The van der Waals surface area contributed by atoms with Crippen molar-refractivity contribution in [1.82, 2.24) is 9.62 Å². The van der Waals surface area contributed by atoms with Gasteiger partial charge in [0.25, 0.3) is 5.91 Å². The van der Waals surface area contributed by atoms with Crippen molar-refractivity contribution in [3.63, 3.8) is 0 Å². The number of rotatable bonds is 5. The van der Waals surface area contributed by atoms with Gasteiger partial charge >= 0.3 is 0 Å². The van der Waals surface area contributed by atoms with Crippen LogP contribution in [0.15, 0.2) is 47.4 Å². The Bertz CT molecular complexity index is 1040. The summed E-state index contributed by atoms with van der Waals surface area (Å²) in [6.45, 7) is 6.60. The minimum atomic E-state index is -3.88. The molecular formula is C22H26F2N2O4S. The standard InChI is InChI=1S/C22H26F2N2O4S/c1-22(2,3)20(15-4-6-16(23)7-5-15)25-21(27)18-14-17(8-9-19(18)24)31(28,29)26-10-12-30-13-11-26/h4-9,14,20H,10-13H2,1-3H3,(H,25,27). The third-order valence-electron chi connectivity index (χ3n) is 5.14. The number of hydrogen-bond acceptors (Lipinski definition) is 4. The summed E-state index contributed by atoms with van der Waals surface area (Å²) < 4.78 is 60.1. The van der Waals surface area contributed by atoms with E-state index in [1.165, 1.54) is 16.4 Å². The van der Waals surface area contributed by atoms with Gasteiger partial charge in [0.15, 0.2) is 0 Å². The number of carbonyl (C=O) groups is 1. The van der Waals surface area contributed by atoms with Gasteiger partial charge in [-0.25, -0.2) is 17.2 Å². The Morgan fingerprint density at radius 3 is 2.26 bits per heavy atom. The summed E-state index contributed by atoms with van der Waals surface area (Å²) in [4.78, 5) is 12.8. The zero-order valence-corrected chi connectivity index (χ0v) is 18.5. The van der Waals surface area contributed by atoms with Gasteiger partial charge in [0, 0.05) is 13.1 Å². The first-order valence-electron chi connectivity index (χ1n) is 9.94. The summed E-state index contributed by atoms with van der Waals surface area (Å²) in [6, 6.07) is 8.32. The van der Waals surface area contributed by atoms with Crippen molar-refractivity contribution in [1.29, 1.82) is 0 Å². The molecule has 2 aromatic carbocycles. The molecule has 0 radical (unpaired) electrons. The molecule has 2 aromatic rings. The van der Waals surface area contributed by atoms with E-state index in [4.69, 9.17) is 4.74 Å². The lowest BCUT2D eigenvalue weighted by Crippen LogP contribution is -2.40. The van der Waals surface area contributed by atoms with Crippen LogP contribution in [0.25, 0.3) is 0 Å². The van der Waals surface area contributed by atoms with E-state index in [-0.39, 0.29) is 36.8 Å². The Hall–Kier alpha value is -2.36. The van der Waals surface area contributed by atoms with E-state index in [0.717, 1.165) is 18.2 Å². The second-order valence-corrected chi connectivity index (χ2v) is 10.4. The molecule has 168 valence electrons. The van der Waals surface area contributed by atoms with Crippen LogP contribution in [0.4, 0.5) is 8.78 Å². The van der Waals surface area contributed by atoms with Gasteiger partial charge in [-0.2, -0.15) is 4.31 Å². The van der Waals surface area contributed by atoms with Gasteiger partial charge in [0.1, 0.15) is 11.6 Å². The second-order valence-electron chi connectivity index (χ2n) is 8.48. The molecule has 0 aromatic heterocycles. The van der Waals surface area contributed by atoms with E-state index < -0.39 is 39.0 Å². The number of ether oxygens (including phenoxy) is 1.